The number of benzene rings is 9. The van der Waals surface area contributed by atoms with Crippen molar-refractivity contribution in [3.63, 3.8) is 0 Å². The van der Waals surface area contributed by atoms with E-state index in [2.05, 4.69) is 241 Å². The third-order valence-corrected chi connectivity index (χ3v) is 12.4. The number of hydrogen-bond donors (Lipinski definition) is 0. The Kier molecular flexibility index (Phi) is 8.83. The van der Waals surface area contributed by atoms with Gasteiger partial charge in [-0.2, -0.15) is 0 Å². The smallest absolute Gasteiger partial charge is 0.0722 e. The lowest BCUT2D eigenvalue weighted by atomic mass is 9.92. The van der Waals surface area contributed by atoms with Crippen molar-refractivity contribution in [1.29, 1.82) is 0 Å². The summed E-state index contributed by atoms with van der Waals surface area (Å²) in [6, 6.07) is 84.6. The van der Waals surface area contributed by atoms with Gasteiger partial charge in [-0.25, -0.2) is 9.97 Å². The zero-order chi connectivity index (χ0) is 41.7. The zero-order valence-electron chi connectivity index (χ0n) is 34.4. The van der Waals surface area contributed by atoms with E-state index in [1.807, 2.05) is 0 Å². The van der Waals surface area contributed by atoms with Gasteiger partial charge < -0.3 is 4.57 Å². The van der Waals surface area contributed by atoms with Gasteiger partial charge in [0, 0.05) is 38.5 Å². The van der Waals surface area contributed by atoms with Crippen LogP contribution in [0.3, 0.4) is 0 Å². The van der Waals surface area contributed by atoms with Gasteiger partial charge in [0.15, 0.2) is 0 Å². The fourth-order valence-electron chi connectivity index (χ4n) is 9.30. The molecule has 3 nitrogen and oxygen atoms in total. The molecule has 12 rings (SSSR count). The van der Waals surface area contributed by atoms with Crippen LogP contribution in [0.25, 0.3) is 116 Å². The largest absolute Gasteiger partial charge is 0.309 e. The molecule has 3 heterocycles. The van der Waals surface area contributed by atoms with Crippen LogP contribution in [0.5, 0.6) is 0 Å². The Morgan fingerprint density at radius 1 is 0.286 bits per heavy atom. The van der Waals surface area contributed by atoms with E-state index in [1.165, 1.54) is 43.7 Å². The molecule has 0 spiro atoms. The van der Waals surface area contributed by atoms with Crippen LogP contribution in [0, 0.1) is 0 Å². The molecule has 12 aromatic rings. The van der Waals surface area contributed by atoms with Crippen molar-refractivity contribution in [2.24, 2.45) is 0 Å². The summed E-state index contributed by atoms with van der Waals surface area (Å²) in [6.45, 7) is 0. The third kappa shape index (κ3) is 6.55. The number of rotatable bonds is 7. The predicted molar refractivity (Wildman–Crippen MR) is 264 cm³/mol. The summed E-state index contributed by atoms with van der Waals surface area (Å²) in [4.78, 5) is 10.5. The molecular formula is C60H39N3. The van der Waals surface area contributed by atoms with Gasteiger partial charge in [-0.05, 0) is 105 Å². The summed E-state index contributed by atoms with van der Waals surface area (Å²) >= 11 is 0. The number of pyridine rings is 2. The molecule has 3 aromatic heterocycles. The molecule has 0 saturated carbocycles. The maximum Gasteiger partial charge on any atom is 0.0722 e. The standard InChI is InChI=1S/C60H39N3/c1-4-15-40(16-5-1)53-39-57(43-19-8-3-9-20-43)61-54-34-31-41-27-28-47(36-52(41)60(53)54)45-21-14-22-46(35-45)48-37-55(42-17-6-2-7-18-42)62-56(38-48)44-29-32-49(33-30-44)63-58-25-12-10-23-50(58)51-24-11-13-26-59(51)63/h1-39H. The highest BCUT2D eigenvalue weighted by Gasteiger charge is 2.16. The summed E-state index contributed by atoms with van der Waals surface area (Å²) in [7, 11) is 0. The van der Waals surface area contributed by atoms with E-state index in [4.69, 9.17) is 9.97 Å². The lowest BCUT2D eigenvalue weighted by Gasteiger charge is -2.15. The van der Waals surface area contributed by atoms with E-state index in [1.54, 1.807) is 0 Å². The molecule has 0 aliphatic carbocycles. The molecule has 294 valence electrons. The molecule has 0 amide bonds. The molecule has 3 heteroatoms. The number of nitrogens with zero attached hydrogens (tertiary/aromatic N) is 3. The van der Waals surface area contributed by atoms with Gasteiger partial charge in [0.2, 0.25) is 0 Å². The molecule has 63 heavy (non-hydrogen) atoms. The van der Waals surface area contributed by atoms with E-state index < -0.39 is 0 Å². The highest BCUT2D eigenvalue weighted by Crippen LogP contribution is 2.40. The zero-order valence-corrected chi connectivity index (χ0v) is 34.4. The first-order chi connectivity index (χ1) is 31.2. The Bertz CT molecular complexity index is 3590. The number of aromatic nitrogens is 3. The molecule has 0 atom stereocenters. The van der Waals surface area contributed by atoms with Crippen LogP contribution in [-0.4, -0.2) is 14.5 Å². The number of para-hydroxylation sites is 2. The molecular weight excluding hydrogens is 763 g/mol. The van der Waals surface area contributed by atoms with Gasteiger partial charge in [-0.15, -0.1) is 0 Å². The van der Waals surface area contributed by atoms with Gasteiger partial charge in [0.1, 0.15) is 0 Å². The highest BCUT2D eigenvalue weighted by molar-refractivity contribution is 6.15. The van der Waals surface area contributed by atoms with Crippen LogP contribution < -0.4 is 0 Å². The number of hydrogen-bond acceptors (Lipinski definition) is 2. The quantitative estimate of drug-likeness (QED) is 0.150. The van der Waals surface area contributed by atoms with Crippen LogP contribution >= 0.6 is 0 Å². The average molecular weight is 802 g/mol. The van der Waals surface area contributed by atoms with E-state index >= 15 is 0 Å². The summed E-state index contributed by atoms with van der Waals surface area (Å²) in [5.74, 6) is 0. The molecule has 0 saturated heterocycles. The molecule has 0 aliphatic heterocycles. The lowest BCUT2D eigenvalue weighted by molar-refractivity contribution is 1.18. The molecule has 0 radical (unpaired) electrons. The molecule has 9 aromatic carbocycles. The van der Waals surface area contributed by atoms with Crippen molar-refractivity contribution >= 4 is 43.5 Å². The molecule has 0 N–H and O–H groups in total. The van der Waals surface area contributed by atoms with Gasteiger partial charge in [0.25, 0.3) is 0 Å². The van der Waals surface area contributed by atoms with Crippen molar-refractivity contribution in [2.75, 3.05) is 0 Å². The Hall–Kier alpha value is -8.40. The molecule has 0 bridgehead atoms. The monoisotopic (exact) mass is 801 g/mol. The third-order valence-electron chi connectivity index (χ3n) is 12.4. The van der Waals surface area contributed by atoms with Crippen molar-refractivity contribution in [3.05, 3.63) is 237 Å². The minimum atomic E-state index is 0.929. The van der Waals surface area contributed by atoms with E-state index in [0.717, 1.165) is 72.6 Å². The molecule has 0 unspecified atom stereocenters. The van der Waals surface area contributed by atoms with E-state index in [-0.39, 0.29) is 0 Å². The van der Waals surface area contributed by atoms with Crippen LogP contribution in [0.4, 0.5) is 0 Å². The summed E-state index contributed by atoms with van der Waals surface area (Å²) < 4.78 is 2.36. The second-order valence-electron chi connectivity index (χ2n) is 16.2. The fourth-order valence-corrected chi connectivity index (χ4v) is 9.30. The van der Waals surface area contributed by atoms with Crippen LogP contribution in [0.2, 0.25) is 0 Å². The van der Waals surface area contributed by atoms with Crippen LogP contribution in [0.1, 0.15) is 0 Å². The number of fused-ring (bicyclic) bond motifs is 6. The summed E-state index contributed by atoms with van der Waals surface area (Å²) in [5.41, 5.74) is 17.5. The normalized spacial score (nSPS) is 11.5. The fraction of sp³-hybridized carbons (Fsp3) is 0. The first-order valence-corrected chi connectivity index (χ1v) is 21.5. The molecule has 0 fully saturated rings. The average Bonchev–Trinajstić information content (AvgIpc) is 3.71. The van der Waals surface area contributed by atoms with Gasteiger partial charge in [-0.3, -0.25) is 0 Å². The second-order valence-corrected chi connectivity index (χ2v) is 16.2. The van der Waals surface area contributed by atoms with E-state index in [9.17, 15) is 0 Å². The summed E-state index contributed by atoms with van der Waals surface area (Å²) in [5, 5.41) is 6.04. The minimum absolute atomic E-state index is 0.929. The topological polar surface area (TPSA) is 30.7 Å². The minimum Gasteiger partial charge on any atom is -0.309 e. The lowest BCUT2D eigenvalue weighted by Crippen LogP contribution is -1.95. The SMILES string of the molecule is c1ccc(-c2cc(-c3cccc(-c4ccc5ccc6nc(-c7ccccc7)cc(-c7ccccc7)c6c5c4)c3)cc(-c3ccc(-n4c5ccccc5c5ccccc54)cc3)n2)cc1. The maximum absolute atomic E-state index is 5.28. The van der Waals surface area contributed by atoms with Crippen LogP contribution in [-0.2, 0) is 0 Å². The predicted octanol–water partition coefficient (Wildman–Crippen LogP) is 15.9. The first-order valence-electron chi connectivity index (χ1n) is 21.5. The highest BCUT2D eigenvalue weighted by atomic mass is 15.0. The Labute approximate surface area is 365 Å². The van der Waals surface area contributed by atoms with Gasteiger partial charge >= 0.3 is 0 Å². The first kappa shape index (κ1) is 36.5. The molecule has 0 aliphatic rings. The van der Waals surface area contributed by atoms with Crippen molar-refractivity contribution < 1.29 is 0 Å². The van der Waals surface area contributed by atoms with Crippen molar-refractivity contribution in [2.45, 2.75) is 0 Å². The second kappa shape index (κ2) is 15.3. The van der Waals surface area contributed by atoms with Gasteiger partial charge in [-0.1, -0.05) is 176 Å². The van der Waals surface area contributed by atoms with Crippen molar-refractivity contribution in [3.8, 4) is 72.8 Å². The Morgan fingerprint density at radius 3 is 1.40 bits per heavy atom. The Balaban J connectivity index is 0.968. The maximum atomic E-state index is 5.28. The Morgan fingerprint density at radius 2 is 0.762 bits per heavy atom. The van der Waals surface area contributed by atoms with Crippen LogP contribution in [0.15, 0.2) is 237 Å². The van der Waals surface area contributed by atoms with E-state index in [0.29, 0.717) is 0 Å². The van der Waals surface area contributed by atoms with Gasteiger partial charge in [0.05, 0.1) is 33.6 Å². The summed E-state index contributed by atoms with van der Waals surface area (Å²) in [6.07, 6.45) is 0. The van der Waals surface area contributed by atoms with Crippen molar-refractivity contribution in [1.82, 2.24) is 14.5 Å².